The molecule has 0 saturated carbocycles. The van der Waals surface area contributed by atoms with E-state index < -0.39 is 5.97 Å². The smallest absolute Gasteiger partial charge is 0.550 e. The number of hydrogen-bond donors (Lipinski definition) is 0. The summed E-state index contributed by atoms with van der Waals surface area (Å²) in [4.78, 5) is 9.82. The number of hydrogen-bond acceptors (Lipinski definition) is 2. The minimum atomic E-state index is -0.956. The van der Waals surface area contributed by atoms with Crippen LogP contribution >= 0.6 is 0 Å². The van der Waals surface area contributed by atoms with Crippen LogP contribution in [0.3, 0.4) is 0 Å². The van der Waals surface area contributed by atoms with Crippen molar-refractivity contribution in [1.29, 1.82) is 0 Å². The molecule has 0 saturated heterocycles. The van der Waals surface area contributed by atoms with E-state index in [1.807, 2.05) is 6.92 Å². The summed E-state index contributed by atoms with van der Waals surface area (Å²) in [6.45, 7) is 3.45. The zero-order chi connectivity index (χ0) is 5.86. The van der Waals surface area contributed by atoms with E-state index in [1.54, 1.807) is 6.92 Å². The summed E-state index contributed by atoms with van der Waals surface area (Å²) >= 11 is 0. The molecule has 1 atom stereocenters. The Morgan fingerprint density at radius 3 is 1.80 bits per heavy atom. The number of rotatable bonds is 2. The van der Waals surface area contributed by atoms with Gasteiger partial charge in [-0.15, -0.1) is 0 Å². The van der Waals surface area contributed by atoms with E-state index in [2.05, 4.69) is 0 Å². The van der Waals surface area contributed by atoms with Crippen LogP contribution in [-0.4, -0.2) is 5.97 Å². The molecule has 0 aliphatic carbocycles. The summed E-state index contributed by atoms with van der Waals surface area (Å²) in [5, 5.41) is 9.82. The van der Waals surface area contributed by atoms with Crippen molar-refractivity contribution in [3.63, 3.8) is 0 Å². The van der Waals surface area contributed by atoms with Gasteiger partial charge < -0.3 is 9.90 Å². The van der Waals surface area contributed by atoms with Gasteiger partial charge in [0.2, 0.25) is 0 Å². The fraction of sp³-hybridized carbons (Fsp3) is 0.857. The van der Waals surface area contributed by atoms with Crippen LogP contribution in [0.15, 0.2) is 0 Å². The Kier molecular flexibility index (Phi) is 27.3. The van der Waals surface area contributed by atoms with Crippen molar-refractivity contribution in [2.75, 3.05) is 0 Å². The Morgan fingerprint density at radius 1 is 1.50 bits per heavy atom. The first kappa shape index (κ1) is 22.4. The normalized spacial score (nSPS) is 9.40. The van der Waals surface area contributed by atoms with Crippen LogP contribution in [0.4, 0.5) is 0 Å². The molecular formula is C7H17NaO2. The maximum absolute atomic E-state index is 9.82. The van der Waals surface area contributed by atoms with Gasteiger partial charge in [-0.2, -0.15) is 0 Å². The molecule has 0 N–H and O–H groups in total. The molecule has 0 aliphatic heterocycles. The minimum Gasteiger partial charge on any atom is -0.550 e. The van der Waals surface area contributed by atoms with Crippen LogP contribution in [0.2, 0.25) is 0 Å². The SMILES string of the molecule is C.C.CCC(C)C(=O)[O-].[Na+]. The molecule has 58 valence electrons. The summed E-state index contributed by atoms with van der Waals surface area (Å²) in [6, 6.07) is 0. The standard InChI is InChI=1S/C5H10O2.2CH4.Na/c1-3-4(2)5(6)7;;;/h4H,3H2,1-2H3,(H,6,7);2*1H4;/q;;;+1/p-1. The average Bonchev–Trinajstić information content (AvgIpc) is 1.65. The molecule has 10 heavy (non-hydrogen) atoms. The Morgan fingerprint density at radius 2 is 1.80 bits per heavy atom. The second kappa shape index (κ2) is 12.2. The molecule has 3 heteroatoms. The Bertz CT molecular complexity index is 74.0. The van der Waals surface area contributed by atoms with Crippen molar-refractivity contribution in [3.8, 4) is 0 Å². The third-order valence-electron chi connectivity index (χ3n) is 1.01. The van der Waals surface area contributed by atoms with Crippen LogP contribution in [0, 0.1) is 5.92 Å². The van der Waals surface area contributed by atoms with Crippen LogP contribution in [0.1, 0.15) is 35.1 Å². The fourth-order valence-corrected chi connectivity index (χ4v) is 0.167. The van der Waals surface area contributed by atoms with Crippen LogP contribution in [0.25, 0.3) is 0 Å². The molecule has 0 amide bonds. The van der Waals surface area contributed by atoms with Crippen molar-refractivity contribution in [2.45, 2.75) is 35.1 Å². The second-order valence-electron chi connectivity index (χ2n) is 1.63. The van der Waals surface area contributed by atoms with Gasteiger partial charge in [0, 0.05) is 5.97 Å². The van der Waals surface area contributed by atoms with Crippen molar-refractivity contribution in [1.82, 2.24) is 0 Å². The third-order valence-corrected chi connectivity index (χ3v) is 1.01. The zero-order valence-electron chi connectivity index (χ0n) is 5.60. The Hall–Kier alpha value is 0.470. The Labute approximate surface area is 86.3 Å². The monoisotopic (exact) mass is 156 g/mol. The van der Waals surface area contributed by atoms with E-state index in [0.29, 0.717) is 6.42 Å². The number of carboxylic acid groups (broad SMARTS) is 1. The van der Waals surface area contributed by atoms with Gasteiger partial charge in [0.05, 0.1) is 0 Å². The molecule has 0 aliphatic rings. The van der Waals surface area contributed by atoms with Crippen LogP contribution in [-0.2, 0) is 4.79 Å². The molecule has 1 unspecified atom stereocenters. The van der Waals surface area contributed by atoms with E-state index in [0.717, 1.165) is 0 Å². The molecule has 0 rings (SSSR count). The van der Waals surface area contributed by atoms with Gasteiger partial charge in [0.15, 0.2) is 0 Å². The van der Waals surface area contributed by atoms with Crippen LogP contribution < -0.4 is 34.7 Å². The molecule has 0 radical (unpaired) electrons. The first-order valence-corrected chi connectivity index (χ1v) is 2.39. The minimum absolute atomic E-state index is 0. The number of carboxylic acids is 1. The molecule has 0 heterocycles. The van der Waals surface area contributed by atoms with Crippen molar-refractivity contribution in [2.24, 2.45) is 5.92 Å². The topological polar surface area (TPSA) is 40.1 Å². The van der Waals surface area contributed by atoms with Gasteiger partial charge in [0.25, 0.3) is 0 Å². The molecule has 0 aromatic rings. The second-order valence-corrected chi connectivity index (χ2v) is 1.63. The average molecular weight is 156 g/mol. The van der Waals surface area contributed by atoms with Gasteiger partial charge in [-0.1, -0.05) is 28.7 Å². The predicted octanol–water partition coefficient (Wildman–Crippen LogP) is -1.94. The zero-order valence-corrected chi connectivity index (χ0v) is 7.60. The predicted molar refractivity (Wildman–Crippen MR) is 37.9 cm³/mol. The van der Waals surface area contributed by atoms with E-state index in [9.17, 15) is 9.90 Å². The van der Waals surface area contributed by atoms with Gasteiger partial charge >= 0.3 is 29.6 Å². The van der Waals surface area contributed by atoms with E-state index in [4.69, 9.17) is 0 Å². The van der Waals surface area contributed by atoms with Gasteiger partial charge in [-0.3, -0.25) is 0 Å². The number of carbonyl (C=O) groups is 1. The molecule has 0 fully saturated rings. The first-order chi connectivity index (χ1) is 3.18. The largest absolute Gasteiger partial charge is 1.00 e. The van der Waals surface area contributed by atoms with E-state index >= 15 is 0 Å². The Balaban J connectivity index is -0.0000000600. The van der Waals surface area contributed by atoms with Crippen molar-refractivity contribution < 1.29 is 39.5 Å². The quantitative estimate of drug-likeness (QED) is 0.436. The molecular weight excluding hydrogens is 139 g/mol. The van der Waals surface area contributed by atoms with Crippen molar-refractivity contribution in [3.05, 3.63) is 0 Å². The number of aliphatic carboxylic acids is 1. The summed E-state index contributed by atoms with van der Waals surface area (Å²) in [5.74, 6) is -1.25. The van der Waals surface area contributed by atoms with Gasteiger partial charge in [0.1, 0.15) is 0 Å². The summed E-state index contributed by atoms with van der Waals surface area (Å²) in [5.41, 5.74) is 0. The summed E-state index contributed by atoms with van der Waals surface area (Å²) in [6.07, 6.45) is 0.655. The van der Waals surface area contributed by atoms with Gasteiger partial charge in [-0.25, -0.2) is 0 Å². The molecule has 0 aromatic heterocycles. The molecule has 0 aromatic carbocycles. The summed E-state index contributed by atoms with van der Waals surface area (Å²) < 4.78 is 0. The maximum atomic E-state index is 9.82. The fourth-order valence-electron chi connectivity index (χ4n) is 0.167. The first-order valence-electron chi connectivity index (χ1n) is 2.39. The maximum Gasteiger partial charge on any atom is 1.00 e. The van der Waals surface area contributed by atoms with E-state index in [-0.39, 0.29) is 50.3 Å². The summed E-state index contributed by atoms with van der Waals surface area (Å²) in [7, 11) is 0. The van der Waals surface area contributed by atoms with Crippen molar-refractivity contribution >= 4 is 5.97 Å². The van der Waals surface area contributed by atoms with Crippen LogP contribution in [0.5, 0.6) is 0 Å². The molecule has 0 spiro atoms. The van der Waals surface area contributed by atoms with E-state index in [1.165, 1.54) is 0 Å². The molecule has 2 nitrogen and oxygen atoms in total. The molecule has 0 bridgehead atoms. The number of carbonyl (C=O) groups excluding carboxylic acids is 1. The third kappa shape index (κ3) is 11.3. The van der Waals surface area contributed by atoms with Gasteiger partial charge in [-0.05, 0) is 12.3 Å².